The molecular weight excluding hydrogens is 355 g/mol. The summed E-state index contributed by atoms with van der Waals surface area (Å²) in [6, 6.07) is 13.8. The SMILES string of the molecule is O=C(Nc1cccc(Cl)c1)Nc1nnc(-c2ccccc2Cl)s1. The minimum Gasteiger partial charge on any atom is -0.308 e. The van der Waals surface area contributed by atoms with E-state index in [4.69, 9.17) is 23.2 Å². The monoisotopic (exact) mass is 364 g/mol. The summed E-state index contributed by atoms with van der Waals surface area (Å²) < 4.78 is 0. The van der Waals surface area contributed by atoms with Gasteiger partial charge in [-0.15, -0.1) is 10.2 Å². The standard InChI is InChI=1S/C15H10Cl2N4OS/c16-9-4-3-5-10(8-9)18-14(22)19-15-21-20-13(23-15)11-6-1-2-7-12(11)17/h1-8H,(H2,18,19,21,22). The summed E-state index contributed by atoms with van der Waals surface area (Å²) >= 11 is 13.2. The molecule has 0 aliphatic carbocycles. The van der Waals surface area contributed by atoms with E-state index in [2.05, 4.69) is 20.8 Å². The van der Waals surface area contributed by atoms with Crippen LogP contribution >= 0.6 is 34.5 Å². The number of anilines is 2. The van der Waals surface area contributed by atoms with Crippen LogP contribution in [0.1, 0.15) is 0 Å². The third-order valence-corrected chi connectivity index (χ3v) is 4.27. The lowest BCUT2D eigenvalue weighted by Gasteiger charge is -2.04. The second-order valence-corrected chi connectivity index (χ2v) is 6.30. The van der Waals surface area contributed by atoms with E-state index in [1.807, 2.05) is 18.2 Å². The molecule has 8 heteroatoms. The Morgan fingerprint density at radius 2 is 1.83 bits per heavy atom. The smallest absolute Gasteiger partial charge is 0.308 e. The van der Waals surface area contributed by atoms with Crippen LogP contribution in [0.3, 0.4) is 0 Å². The molecule has 0 saturated carbocycles. The first-order valence-corrected chi connectivity index (χ1v) is 8.11. The number of hydrogen-bond acceptors (Lipinski definition) is 4. The number of aromatic nitrogens is 2. The van der Waals surface area contributed by atoms with Crippen molar-refractivity contribution in [3.63, 3.8) is 0 Å². The molecule has 0 bridgehead atoms. The van der Waals surface area contributed by atoms with Crippen molar-refractivity contribution in [2.24, 2.45) is 0 Å². The highest BCUT2D eigenvalue weighted by atomic mass is 35.5. The molecule has 5 nitrogen and oxygen atoms in total. The lowest BCUT2D eigenvalue weighted by molar-refractivity contribution is 0.262. The zero-order valence-corrected chi connectivity index (χ0v) is 13.9. The van der Waals surface area contributed by atoms with Crippen LogP contribution in [0.2, 0.25) is 10.0 Å². The van der Waals surface area contributed by atoms with Crippen LogP contribution in [0.15, 0.2) is 48.5 Å². The van der Waals surface area contributed by atoms with Crippen LogP contribution in [0, 0.1) is 0 Å². The average molecular weight is 365 g/mol. The van der Waals surface area contributed by atoms with E-state index in [-0.39, 0.29) is 0 Å². The summed E-state index contributed by atoms with van der Waals surface area (Å²) in [6.07, 6.45) is 0. The molecule has 2 aromatic carbocycles. The van der Waals surface area contributed by atoms with Gasteiger partial charge in [0, 0.05) is 16.3 Å². The largest absolute Gasteiger partial charge is 0.325 e. The van der Waals surface area contributed by atoms with E-state index in [0.29, 0.717) is 25.9 Å². The second-order valence-electron chi connectivity index (χ2n) is 4.48. The van der Waals surface area contributed by atoms with Crippen molar-refractivity contribution in [2.45, 2.75) is 0 Å². The highest BCUT2D eigenvalue weighted by molar-refractivity contribution is 7.18. The number of urea groups is 1. The fourth-order valence-corrected chi connectivity index (χ4v) is 3.09. The zero-order valence-electron chi connectivity index (χ0n) is 11.6. The molecule has 0 aliphatic heterocycles. The number of benzene rings is 2. The van der Waals surface area contributed by atoms with Crippen LogP contribution in [0.25, 0.3) is 10.6 Å². The first-order valence-electron chi connectivity index (χ1n) is 6.54. The minimum absolute atomic E-state index is 0.374. The maximum absolute atomic E-state index is 12.0. The molecule has 0 spiro atoms. The third kappa shape index (κ3) is 3.98. The van der Waals surface area contributed by atoms with Gasteiger partial charge >= 0.3 is 6.03 Å². The van der Waals surface area contributed by atoms with E-state index >= 15 is 0 Å². The van der Waals surface area contributed by atoms with Crippen molar-refractivity contribution in [3.8, 4) is 10.6 Å². The number of rotatable bonds is 3. The van der Waals surface area contributed by atoms with E-state index in [1.54, 1.807) is 30.3 Å². The highest BCUT2D eigenvalue weighted by Crippen LogP contribution is 2.31. The van der Waals surface area contributed by atoms with Crippen LogP contribution < -0.4 is 10.6 Å². The summed E-state index contributed by atoms with van der Waals surface area (Å²) in [4.78, 5) is 12.0. The molecule has 1 heterocycles. The zero-order chi connectivity index (χ0) is 16.2. The quantitative estimate of drug-likeness (QED) is 0.674. The van der Waals surface area contributed by atoms with E-state index in [1.165, 1.54) is 11.3 Å². The Bertz CT molecular complexity index is 853. The predicted octanol–water partition coefficient (Wildman–Crippen LogP) is 5.16. The van der Waals surface area contributed by atoms with Crippen molar-refractivity contribution < 1.29 is 4.79 Å². The molecular formula is C15H10Cl2N4OS. The van der Waals surface area contributed by atoms with Gasteiger partial charge in [-0.1, -0.05) is 58.8 Å². The van der Waals surface area contributed by atoms with E-state index in [9.17, 15) is 4.79 Å². The molecule has 0 unspecified atom stereocenters. The Labute approximate surface area is 146 Å². The van der Waals surface area contributed by atoms with Crippen molar-refractivity contribution in [1.82, 2.24) is 10.2 Å². The van der Waals surface area contributed by atoms with Crippen LogP contribution in [-0.4, -0.2) is 16.2 Å². The average Bonchev–Trinajstić information content (AvgIpc) is 2.95. The Kier molecular flexibility index (Phi) is 4.76. The van der Waals surface area contributed by atoms with Crippen LogP contribution in [-0.2, 0) is 0 Å². The summed E-state index contributed by atoms with van der Waals surface area (Å²) in [7, 11) is 0. The predicted molar refractivity (Wildman–Crippen MR) is 94.4 cm³/mol. The van der Waals surface area contributed by atoms with Gasteiger partial charge in [-0.3, -0.25) is 5.32 Å². The van der Waals surface area contributed by atoms with E-state index < -0.39 is 6.03 Å². The number of amides is 2. The first-order chi connectivity index (χ1) is 11.1. The van der Waals surface area contributed by atoms with Gasteiger partial charge < -0.3 is 5.32 Å². The van der Waals surface area contributed by atoms with Gasteiger partial charge in [-0.05, 0) is 24.3 Å². The molecule has 0 aliphatic rings. The van der Waals surface area contributed by atoms with Gasteiger partial charge in [0.2, 0.25) is 5.13 Å². The number of nitrogens with one attached hydrogen (secondary N) is 2. The Morgan fingerprint density at radius 1 is 1.00 bits per heavy atom. The Morgan fingerprint density at radius 3 is 2.61 bits per heavy atom. The highest BCUT2D eigenvalue weighted by Gasteiger charge is 2.11. The molecule has 1 aromatic heterocycles. The molecule has 0 radical (unpaired) electrons. The minimum atomic E-state index is -0.422. The third-order valence-electron chi connectivity index (χ3n) is 2.83. The first kappa shape index (κ1) is 15.7. The fraction of sp³-hybridized carbons (Fsp3) is 0. The maximum atomic E-state index is 12.0. The molecule has 2 N–H and O–H groups in total. The summed E-state index contributed by atoms with van der Waals surface area (Å²) in [5.74, 6) is 0. The summed E-state index contributed by atoms with van der Waals surface area (Å²) in [5, 5.41) is 15.4. The number of carbonyl (C=O) groups is 1. The molecule has 23 heavy (non-hydrogen) atoms. The van der Waals surface area contributed by atoms with Crippen LogP contribution in [0.5, 0.6) is 0 Å². The molecule has 0 saturated heterocycles. The van der Waals surface area contributed by atoms with Gasteiger partial charge in [0.25, 0.3) is 0 Å². The molecule has 3 rings (SSSR count). The van der Waals surface area contributed by atoms with Gasteiger partial charge in [0.05, 0.1) is 5.02 Å². The number of nitrogens with zero attached hydrogens (tertiary/aromatic N) is 2. The number of carbonyl (C=O) groups excluding carboxylic acids is 1. The Balaban J connectivity index is 1.69. The lowest BCUT2D eigenvalue weighted by atomic mass is 10.2. The van der Waals surface area contributed by atoms with Gasteiger partial charge in [0.1, 0.15) is 0 Å². The van der Waals surface area contributed by atoms with Crippen molar-refractivity contribution in [3.05, 3.63) is 58.6 Å². The Hall–Kier alpha value is -2.15. The van der Waals surface area contributed by atoms with Crippen molar-refractivity contribution in [2.75, 3.05) is 10.6 Å². The van der Waals surface area contributed by atoms with Crippen molar-refractivity contribution in [1.29, 1.82) is 0 Å². The summed E-state index contributed by atoms with van der Waals surface area (Å²) in [6.45, 7) is 0. The van der Waals surface area contributed by atoms with E-state index in [0.717, 1.165) is 5.56 Å². The van der Waals surface area contributed by atoms with Gasteiger partial charge in [0.15, 0.2) is 5.01 Å². The topological polar surface area (TPSA) is 66.9 Å². The second kappa shape index (κ2) is 6.95. The fourth-order valence-electron chi connectivity index (χ4n) is 1.84. The normalized spacial score (nSPS) is 10.3. The number of halogens is 2. The maximum Gasteiger partial charge on any atom is 0.325 e. The summed E-state index contributed by atoms with van der Waals surface area (Å²) in [5.41, 5.74) is 1.36. The molecule has 0 fully saturated rings. The van der Waals surface area contributed by atoms with Gasteiger partial charge in [-0.2, -0.15) is 0 Å². The van der Waals surface area contributed by atoms with Crippen molar-refractivity contribution >= 4 is 51.4 Å². The molecule has 2 amide bonds. The molecule has 3 aromatic rings. The molecule has 116 valence electrons. The lowest BCUT2D eigenvalue weighted by Crippen LogP contribution is -2.19. The molecule has 0 atom stereocenters. The van der Waals surface area contributed by atoms with Gasteiger partial charge in [-0.25, -0.2) is 4.79 Å². The van der Waals surface area contributed by atoms with Crippen LogP contribution in [0.4, 0.5) is 15.6 Å². The number of hydrogen-bond donors (Lipinski definition) is 2.